The maximum atomic E-state index is 12.6. The number of carbonyl (C=O) groups excluding carboxylic acids is 1. The van der Waals surface area contributed by atoms with Crippen molar-refractivity contribution < 1.29 is 28.6 Å². The SMILES string of the molecule is O=C(Nc1csc(-c2cc3cccc(O)c3o2)c1C(=O)O)c1cc2ccccc2o1. The van der Waals surface area contributed by atoms with Crippen molar-refractivity contribution in [1.82, 2.24) is 0 Å². The molecule has 0 saturated heterocycles. The molecule has 0 aliphatic rings. The first kappa shape index (κ1) is 18.0. The maximum absolute atomic E-state index is 12.6. The van der Waals surface area contributed by atoms with Gasteiger partial charge in [-0.3, -0.25) is 4.79 Å². The highest BCUT2D eigenvalue weighted by Crippen LogP contribution is 2.40. The summed E-state index contributed by atoms with van der Waals surface area (Å²) < 4.78 is 11.2. The normalized spacial score (nSPS) is 11.2. The van der Waals surface area contributed by atoms with E-state index in [1.807, 2.05) is 12.1 Å². The van der Waals surface area contributed by atoms with Crippen LogP contribution in [0.4, 0.5) is 5.69 Å². The van der Waals surface area contributed by atoms with Gasteiger partial charge in [-0.05, 0) is 24.3 Å². The van der Waals surface area contributed by atoms with Crippen LogP contribution in [0.5, 0.6) is 5.75 Å². The minimum atomic E-state index is -1.21. The Labute approximate surface area is 172 Å². The van der Waals surface area contributed by atoms with E-state index in [0.717, 1.165) is 16.7 Å². The van der Waals surface area contributed by atoms with Gasteiger partial charge in [-0.2, -0.15) is 0 Å². The number of carboxylic acids is 1. The lowest BCUT2D eigenvalue weighted by Crippen LogP contribution is -2.13. The zero-order valence-corrected chi connectivity index (χ0v) is 16.0. The molecule has 148 valence electrons. The predicted octanol–water partition coefficient (Wildman–Crippen LogP) is 5.56. The Morgan fingerprint density at radius 2 is 1.77 bits per heavy atom. The van der Waals surface area contributed by atoms with Crippen LogP contribution in [-0.2, 0) is 0 Å². The summed E-state index contributed by atoms with van der Waals surface area (Å²) in [4.78, 5) is 24.9. The Bertz CT molecular complexity index is 1410. The summed E-state index contributed by atoms with van der Waals surface area (Å²) in [7, 11) is 0. The Balaban J connectivity index is 1.53. The molecular weight excluding hydrogens is 406 g/mol. The Hall–Kier alpha value is -4.04. The third kappa shape index (κ3) is 2.90. The van der Waals surface area contributed by atoms with Crippen LogP contribution in [0, 0.1) is 0 Å². The van der Waals surface area contributed by atoms with Crippen LogP contribution in [0.1, 0.15) is 20.9 Å². The smallest absolute Gasteiger partial charge is 0.339 e. The standard InChI is InChI=1S/C22H13NO6S/c24-14-6-3-5-12-9-16(29-19(12)14)20-18(22(26)27)13(10-30-20)23-21(25)17-8-11-4-1-2-7-15(11)28-17/h1-10,24H,(H,23,25)(H,26,27). The van der Waals surface area contributed by atoms with Crippen molar-refractivity contribution in [2.24, 2.45) is 0 Å². The largest absolute Gasteiger partial charge is 0.504 e. The fourth-order valence-corrected chi connectivity index (χ4v) is 4.23. The summed E-state index contributed by atoms with van der Waals surface area (Å²) in [5.74, 6) is -1.44. The number of hydrogen-bond acceptors (Lipinski definition) is 6. The monoisotopic (exact) mass is 419 g/mol. The Kier molecular flexibility index (Phi) is 4.07. The summed E-state index contributed by atoms with van der Waals surface area (Å²) in [5, 5.41) is 25.3. The van der Waals surface area contributed by atoms with Crippen LogP contribution in [-0.4, -0.2) is 22.1 Å². The Morgan fingerprint density at radius 3 is 2.53 bits per heavy atom. The van der Waals surface area contributed by atoms with E-state index in [1.54, 1.807) is 36.4 Å². The van der Waals surface area contributed by atoms with Crippen molar-refractivity contribution in [3.8, 4) is 16.4 Å². The number of phenols is 1. The van der Waals surface area contributed by atoms with Gasteiger partial charge >= 0.3 is 5.97 Å². The van der Waals surface area contributed by atoms with Crippen molar-refractivity contribution in [1.29, 1.82) is 0 Å². The van der Waals surface area contributed by atoms with Crippen LogP contribution >= 0.6 is 11.3 Å². The number of anilines is 1. The molecule has 2 aromatic carbocycles. The van der Waals surface area contributed by atoms with Crippen molar-refractivity contribution in [3.63, 3.8) is 0 Å². The fraction of sp³-hybridized carbons (Fsp3) is 0. The quantitative estimate of drug-likeness (QED) is 0.351. The van der Waals surface area contributed by atoms with Crippen LogP contribution in [0.15, 0.2) is 68.8 Å². The van der Waals surface area contributed by atoms with E-state index in [0.29, 0.717) is 15.8 Å². The molecule has 0 aliphatic carbocycles. The number of hydrogen-bond donors (Lipinski definition) is 3. The number of furan rings is 2. The Morgan fingerprint density at radius 1 is 0.967 bits per heavy atom. The number of carbonyl (C=O) groups is 2. The number of aromatic carboxylic acids is 1. The zero-order chi connectivity index (χ0) is 20.8. The molecule has 0 aliphatic heterocycles. The van der Waals surface area contributed by atoms with E-state index in [2.05, 4.69) is 5.32 Å². The maximum Gasteiger partial charge on any atom is 0.339 e. The van der Waals surface area contributed by atoms with Gasteiger partial charge in [0.15, 0.2) is 17.1 Å². The van der Waals surface area contributed by atoms with Gasteiger partial charge in [0.1, 0.15) is 16.9 Å². The number of para-hydroxylation sites is 2. The topological polar surface area (TPSA) is 113 Å². The van der Waals surface area contributed by atoms with E-state index >= 15 is 0 Å². The molecule has 0 saturated carbocycles. The van der Waals surface area contributed by atoms with E-state index in [4.69, 9.17) is 8.83 Å². The number of thiophene rings is 1. The molecule has 3 heterocycles. The first-order valence-corrected chi connectivity index (χ1v) is 9.76. The number of amides is 1. The number of benzene rings is 2. The lowest BCUT2D eigenvalue weighted by Gasteiger charge is -2.03. The second kappa shape index (κ2) is 6.78. The molecule has 0 bridgehead atoms. The number of carboxylic acid groups (broad SMARTS) is 1. The second-order valence-corrected chi connectivity index (χ2v) is 7.45. The highest BCUT2D eigenvalue weighted by molar-refractivity contribution is 7.14. The van der Waals surface area contributed by atoms with Gasteiger partial charge in [0.25, 0.3) is 5.91 Å². The molecule has 5 rings (SSSR count). The van der Waals surface area contributed by atoms with Gasteiger partial charge in [0.05, 0.1) is 10.6 Å². The molecule has 0 radical (unpaired) electrons. The van der Waals surface area contributed by atoms with Crippen LogP contribution < -0.4 is 5.32 Å². The average Bonchev–Trinajstić information content (AvgIpc) is 3.44. The molecule has 3 N–H and O–H groups in total. The molecule has 3 aromatic heterocycles. The minimum absolute atomic E-state index is 0.0365. The first-order chi connectivity index (χ1) is 14.5. The van der Waals surface area contributed by atoms with E-state index < -0.39 is 11.9 Å². The van der Waals surface area contributed by atoms with Gasteiger partial charge in [0, 0.05) is 16.2 Å². The van der Waals surface area contributed by atoms with Crippen LogP contribution in [0.3, 0.4) is 0 Å². The third-order valence-electron chi connectivity index (χ3n) is 4.65. The molecule has 7 nitrogen and oxygen atoms in total. The third-order valence-corrected chi connectivity index (χ3v) is 5.64. The highest BCUT2D eigenvalue weighted by atomic mass is 32.1. The molecular formula is C22H13NO6S. The minimum Gasteiger partial charge on any atom is -0.504 e. The number of rotatable bonds is 4. The molecule has 5 aromatic rings. The summed E-state index contributed by atoms with van der Waals surface area (Å²) in [6.07, 6.45) is 0. The van der Waals surface area contributed by atoms with Crippen molar-refractivity contribution in [3.05, 3.63) is 71.3 Å². The molecule has 0 fully saturated rings. The summed E-state index contributed by atoms with van der Waals surface area (Å²) in [6, 6.07) is 15.3. The van der Waals surface area contributed by atoms with Gasteiger partial charge in [0.2, 0.25) is 0 Å². The lowest BCUT2D eigenvalue weighted by atomic mass is 10.1. The van der Waals surface area contributed by atoms with Crippen LogP contribution in [0.25, 0.3) is 32.6 Å². The predicted molar refractivity (Wildman–Crippen MR) is 112 cm³/mol. The first-order valence-electron chi connectivity index (χ1n) is 8.88. The van der Waals surface area contributed by atoms with E-state index in [-0.39, 0.29) is 34.1 Å². The fourth-order valence-electron chi connectivity index (χ4n) is 3.28. The van der Waals surface area contributed by atoms with E-state index in [1.165, 1.54) is 11.4 Å². The number of phenolic OH excluding ortho intramolecular Hbond substituents is 1. The molecule has 30 heavy (non-hydrogen) atoms. The van der Waals surface area contributed by atoms with Crippen molar-refractivity contribution >= 4 is 50.8 Å². The molecule has 8 heteroatoms. The number of fused-ring (bicyclic) bond motifs is 2. The molecule has 1 amide bonds. The summed E-state index contributed by atoms with van der Waals surface area (Å²) in [5.41, 5.74) is 0.875. The van der Waals surface area contributed by atoms with Crippen LogP contribution in [0.2, 0.25) is 0 Å². The zero-order valence-electron chi connectivity index (χ0n) is 15.2. The van der Waals surface area contributed by atoms with Crippen molar-refractivity contribution in [2.45, 2.75) is 0 Å². The lowest BCUT2D eigenvalue weighted by molar-refractivity contribution is 0.0699. The average molecular weight is 419 g/mol. The highest BCUT2D eigenvalue weighted by Gasteiger charge is 2.25. The summed E-state index contributed by atoms with van der Waals surface area (Å²) in [6.45, 7) is 0. The van der Waals surface area contributed by atoms with Gasteiger partial charge in [-0.15, -0.1) is 11.3 Å². The number of aromatic hydroxyl groups is 1. The summed E-state index contributed by atoms with van der Waals surface area (Å²) >= 11 is 1.12. The van der Waals surface area contributed by atoms with Gasteiger partial charge < -0.3 is 24.4 Å². The number of nitrogens with one attached hydrogen (secondary N) is 1. The molecule has 0 spiro atoms. The van der Waals surface area contributed by atoms with Gasteiger partial charge in [-0.25, -0.2) is 4.79 Å². The van der Waals surface area contributed by atoms with Crippen molar-refractivity contribution in [2.75, 3.05) is 5.32 Å². The molecule has 0 unspecified atom stereocenters. The van der Waals surface area contributed by atoms with E-state index in [9.17, 15) is 19.8 Å². The molecule has 0 atom stereocenters. The van der Waals surface area contributed by atoms with Gasteiger partial charge in [-0.1, -0.05) is 30.3 Å². The second-order valence-electron chi connectivity index (χ2n) is 6.57.